The van der Waals surface area contributed by atoms with E-state index >= 15 is 0 Å². The number of aryl methyl sites for hydroxylation is 2. The predicted molar refractivity (Wildman–Crippen MR) is 80.0 cm³/mol. The number of rotatable bonds is 7. The number of nitrogens with zero attached hydrogens (tertiary/aromatic N) is 2. The molecule has 0 amide bonds. The van der Waals surface area contributed by atoms with Crippen molar-refractivity contribution in [2.75, 3.05) is 7.11 Å². The Labute approximate surface area is 121 Å². The molecule has 0 aromatic carbocycles. The molecule has 0 bridgehead atoms. The van der Waals surface area contributed by atoms with E-state index in [1.807, 2.05) is 25.0 Å². The normalized spacial score (nSPS) is 19.9. The summed E-state index contributed by atoms with van der Waals surface area (Å²) in [5, 5.41) is 4.21. The van der Waals surface area contributed by atoms with Gasteiger partial charge in [-0.3, -0.25) is 16.0 Å². The predicted octanol–water partition coefficient (Wildman–Crippen LogP) is 1.78. The molecule has 114 valence electrons. The molecule has 2 atom stereocenters. The number of nitrogens with one attached hydrogen (secondary N) is 1. The van der Waals surface area contributed by atoms with Gasteiger partial charge in [-0.2, -0.15) is 5.10 Å². The summed E-state index contributed by atoms with van der Waals surface area (Å²) < 4.78 is 7.70. The summed E-state index contributed by atoms with van der Waals surface area (Å²) in [6, 6.07) is 2.27. The molecule has 0 radical (unpaired) electrons. The molecule has 1 aromatic heterocycles. The fourth-order valence-corrected chi connectivity index (χ4v) is 3.44. The second-order valence-electron chi connectivity index (χ2n) is 5.86. The first-order valence-electron chi connectivity index (χ1n) is 7.72. The first-order chi connectivity index (χ1) is 9.76. The Hall–Kier alpha value is -0.910. The Morgan fingerprint density at radius 3 is 2.75 bits per heavy atom. The molecule has 2 rings (SSSR count). The number of nitrogens with two attached hydrogens (primary N) is 1. The lowest BCUT2D eigenvalue weighted by Gasteiger charge is -2.34. The van der Waals surface area contributed by atoms with Gasteiger partial charge in [0, 0.05) is 32.1 Å². The standard InChI is InChI=1S/C15H28N4O/c1-19-13(10-11-17-19)8-9-14(18-16)15(20-2)12-6-4-3-5-7-12/h10-12,14-15,18H,3-9,16H2,1-2H3. The van der Waals surface area contributed by atoms with E-state index in [0.717, 1.165) is 12.8 Å². The van der Waals surface area contributed by atoms with Crippen LogP contribution in [0.5, 0.6) is 0 Å². The van der Waals surface area contributed by atoms with E-state index in [1.54, 1.807) is 0 Å². The molecule has 2 unspecified atom stereocenters. The van der Waals surface area contributed by atoms with Crippen LogP contribution in [-0.2, 0) is 18.2 Å². The van der Waals surface area contributed by atoms with E-state index in [2.05, 4.69) is 16.6 Å². The van der Waals surface area contributed by atoms with Crippen molar-refractivity contribution >= 4 is 0 Å². The van der Waals surface area contributed by atoms with Crippen LogP contribution in [0.3, 0.4) is 0 Å². The van der Waals surface area contributed by atoms with Crippen LogP contribution in [0.15, 0.2) is 12.3 Å². The number of aromatic nitrogens is 2. The zero-order valence-electron chi connectivity index (χ0n) is 12.7. The van der Waals surface area contributed by atoms with Crippen LogP contribution in [-0.4, -0.2) is 29.0 Å². The molecule has 20 heavy (non-hydrogen) atoms. The second kappa shape index (κ2) is 7.76. The lowest BCUT2D eigenvalue weighted by Crippen LogP contribution is -2.48. The molecule has 1 aliphatic carbocycles. The number of hydrogen-bond acceptors (Lipinski definition) is 4. The summed E-state index contributed by atoms with van der Waals surface area (Å²) in [6.45, 7) is 0. The lowest BCUT2D eigenvalue weighted by atomic mass is 9.81. The van der Waals surface area contributed by atoms with Crippen molar-refractivity contribution < 1.29 is 4.74 Å². The Bertz CT molecular complexity index is 387. The van der Waals surface area contributed by atoms with Crippen LogP contribution in [0.1, 0.15) is 44.2 Å². The first-order valence-corrected chi connectivity index (χ1v) is 7.72. The van der Waals surface area contributed by atoms with Gasteiger partial charge < -0.3 is 4.74 Å². The Morgan fingerprint density at radius 1 is 1.45 bits per heavy atom. The van der Waals surface area contributed by atoms with Gasteiger partial charge in [0.2, 0.25) is 0 Å². The molecule has 1 aromatic rings. The van der Waals surface area contributed by atoms with Gasteiger partial charge in [-0.15, -0.1) is 0 Å². The summed E-state index contributed by atoms with van der Waals surface area (Å²) in [5.41, 5.74) is 4.22. The molecule has 5 nitrogen and oxygen atoms in total. The van der Waals surface area contributed by atoms with Crippen LogP contribution >= 0.6 is 0 Å². The first kappa shape index (κ1) is 15.5. The molecule has 0 spiro atoms. The zero-order valence-corrected chi connectivity index (χ0v) is 12.7. The van der Waals surface area contributed by atoms with Gasteiger partial charge in [0.25, 0.3) is 0 Å². The van der Waals surface area contributed by atoms with E-state index in [4.69, 9.17) is 10.6 Å². The Balaban J connectivity index is 1.92. The van der Waals surface area contributed by atoms with Crippen LogP contribution in [0.25, 0.3) is 0 Å². The van der Waals surface area contributed by atoms with E-state index in [9.17, 15) is 0 Å². The fraction of sp³-hybridized carbons (Fsp3) is 0.800. The number of hydrazine groups is 1. The second-order valence-corrected chi connectivity index (χ2v) is 5.86. The lowest BCUT2D eigenvalue weighted by molar-refractivity contribution is 0.00605. The smallest absolute Gasteiger partial charge is 0.0765 e. The molecule has 1 saturated carbocycles. The molecule has 1 fully saturated rings. The molecule has 0 aliphatic heterocycles. The third-order valence-electron chi connectivity index (χ3n) is 4.63. The third-order valence-corrected chi connectivity index (χ3v) is 4.63. The van der Waals surface area contributed by atoms with Crippen LogP contribution in [0, 0.1) is 5.92 Å². The summed E-state index contributed by atoms with van der Waals surface area (Å²) in [6.07, 6.45) is 10.5. The minimum Gasteiger partial charge on any atom is -0.379 e. The van der Waals surface area contributed by atoms with E-state index in [1.165, 1.54) is 37.8 Å². The highest BCUT2D eigenvalue weighted by molar-refractivity contribution is 5.01. The van der Waals surface area contributed by atoms with Crippen molar-refractivity contribution in [1.82, 2.24) is 15.2 Å². The highest BCUT2D eigenvalue weighted by Gasteiger charge is 2.30. The summed E-state index contributed by atoms with van der Waals surface area (Å²) in [4.78, 5) is 0. The van der Waals surface area contributed by atoms with Crippen molar-refractivity contribution in [3.8, 4) is 0 Å². The van der Waals surface area contributed by atoms with Gasteiger partial charge in [0.1, 0.15) is 0 Å². The van der Waals surface area contributed by atoms with Crippen molar-refractivity contribution in [3.05, 3.63) is 18.0 Å². The summed E-state index contributed by atoms with van der Waals surface area (Å²) >= 11 is 0. The third kappa shape index (κ3) is 3.81. The molecule has 1 heterocycles. The maximum absolute atomic E-state index is 5.78. The SMILES string of the molecule is COC(C1CCCCC1)C(CCc1ccnn1C)NN. The topological polar surface area (TPSA) is 65.1 Å². The number of methoxy groups -OCH3 is 1. The van der Waals surface area contributed by atoms with Crippen LogP contribution in [0.4, 0.5) is 0 Å². The summed E-state index contributed by atoms with van der Waals surface area (Å²) in [7, 11) is 3.79. The largest absolute Gasteiger partial charge is 0.379 e. The Kier molecular flexibility index (Phi) is 6.01. The van der Waals surface area contributed by atoms with Gasteiger partial charge in [-0.1, -0.05) is 19.3 Å². The van der Waals surface area contributed by atoms with Gasteiger partial charge in [-0.25, -0.2) is 0 Å². The maximum atomic E-state index is 5.78. The minimum atomic E-state index is 0.206. The summed E-state index contributed by atoms with van der Waals surface area (Å²) in [5.74, 6) is 6.42. The quantitative estimate of drug-likeness (QED) is 0.590. The van der Waals surface area contributed by atoms with Gasteiger partial charge in [0.15, 0.2) is 0 Å². The highest BCUT2D eigenvalue weighted by atomic mass is 16.5. The molecule has 1 aliphatic rings. The molecular formula is C15H28N4O. The monoisotopic (exact) mass is 280 g/mol. The molecule has 5 heteroatoms. The van der Waals surface area contributed by atoms with Crippen molar-refractivity contribution in [2.24, 2.45) is 18.8 Å². The number of ether oxygens (including phenoxy) is 1. The maximum Gasteiger partial charge on any atom is 0.0765 e. The van der Waals surface area contributed by atoms with E-state index in [-0.39, 0.29) is 12.1 Å². The van der Waals surface area contributed by atoms with Crippen LogP contribution in [0.2, 0.25) is 0 Å². The zero-order chi connectivity index (χ0) is 14.4. The van der Waals surface area contributed by atoms with Crippen molar-refractivity contribution in [3.63, 3.8) is 0 Å². The molecule has 3 N–H and O–H groups in total. The van der Waals surface area contributed by atoms with Crippen molar-refractivity contribution in [1.29, 1.82) is 0 Å². The van der Waals surface area contributed by atoms with Gasteiger partial charge in [-0.05, 0) is 37.7 Å². The fourth-order valence-electron chi connectivity index (χ4n) is 3.44. The van der Waals surface area contributed by atoms with Crippen LogP contribution < -0.4 is 11.3 Å². The van der Waals surface area contributed by atoms with Gasteiger partial charge in [0.05, 0.1) is 6.10 Å². The van der Waals surface area contributed by atoms with E-state index in [0.29, 0.717) is 5.92 Å². The van der Waals surface area contributed by atoms with Crippen molar-refractivity contribution in [2.45, 2.75) is 57.1 Å². The minimum absolute atomic E-state index is 0.206. The van der Waals surface area contributed by atoms with Gasteiger partial charge >= 0.3 is 0 Å². The Morgan fingerprint density at radius 2 is 2.20 bits per heavy atom. The number of hydrogen-bond donors (Lipinski definition) is 2. The highest BCUT2D eigenvalue weighted by Crippen LogP contribution is 2.30. The van der Waals surface area contributed by atoms with E-state index < -0.39 is 0 Å². The average Bonchev–Trinajstić information content (AvgIpc) is 2.90. The molecular weight excluding hydrogens is 252 g/mol. The molecule has 0 saturated heterocycles. The average molecular weight is 280 g/mol.